The van der Waals surface area contributed by atoms with Crippen LogP contribution in [0.3, 0.4) is 0 Å². The quantitative estimate of drug-likeness (QED) is 0.384. The fourth-order valence-electron chi connectivity index (χ4n) is 4.96. The van der Waals surface area contributed by atoms with Crippen LogP contribution in [0.25, 0.3) is 0 Å². The lowest BCUT2D eigenvalue weighted by molar-refractivity contribution is 0.133. The van der Waals surface area contributed by atoms with Crippen molar-refractivity contribution in [3.8, 4) is 11.8 Å². The van der Waals surface area contributed by atoms with E-state index >= 15 is 0 Å². The molecule has 0 bridgehead atoms. The number of hydrogen-bond donors (Lipinski definition) is 0. The van der Waals surface area contributed by atoms with Crippen LogP contribution in [0.4, 0.5) is 0 Å². The fourth-order valence-corrected chi connectivity index (χ4v) is 5.08. The molecule has 27 heavy (non-hydrogen) atoms. The minimum Gasteiger partial charge on any atom is -0.103 e. The standard InChI is InChI=1S/C26H27Cl/c1-2-19-5-12-25-18-24(14-13-23(25)17-19)22-10-6-20(7-11-22)3-4-21-8-15-26(27)16-9-21/h2,6-11,15-16,19,23-25H,1,5,12-14,17-18H2. The van der Waals surface area contributed by atoms with Gasteiger partial charge in [-0.1, -0.05) is 41.7 Å². The molecule has 1 heteroatoms. The second-order valence-electron chi connectivity index (χ2n) is 8.22. The molecule has 4 unspecified atom stereocenters. The zero-order valence-corrected chi connectivity index (χ0v) is 16.6. The van der Waals surface area contributed by atoms with Gasteiger partial charge in [-0.2, -0.15) is 0 Å². The minimum atomic E-state index is 0.727. The third-order valence-corrected chi connectivity index (χ3v) is 6.82. The zero-order chi connectivity index (χ0) is 18.6. The smallest absolute Gasteiger partial charge is 0.0406 e. The largest absolute Gasteiger partial charge is 0.103 e. The predicted octanol–water partition coefficient (Wildman–Crippen LogP) is 7.23. The van der Waals surface area contributed by atoms with Crippen molar-refractivity contribution in [1.29, 1.82) is 0 Å². The Hall–Kier alpha value is -1.97. The van der Waals surface area contributed by atoms with Gasteiger partial charge in [-0.3, -0.25) is 0 Å². The molecule has 0 N–H and O–H groups in total. The zero-order valence-electron chi connectivity index (χ0n) is 15.8. The summed E-state index contributed by atoms with van der Waals surface area (Å²) >= 11 is 5.92. The van der Waals surface area contributed by atoms with Crippen molar-refractivity contribution in [1.82, 2.24) is 0 Å². The summed E-state index contributed by atoms with van der Waals surface area (Å²) in [5, 5.41) is 0.748. The summed E-state index contributed by atoms with van der Waals surface area (Å²) in [6, 6.07) is 16.6. The van der Waals surface area contributed by atoms with Gasteiger partial charge in [0, 0.05) is 16.1 Å². The first-order valence-electron chi connectivity index (χ1n) is 10.2. The van der Waals surface area contributed by atoms with E-state index in [-0.39, 0.29) is 0 Å². The first kappa shape index (κ1) is 18.4. The Morgan fingerprint density at radius 1 is 0.778 bits per heavy atom. The maximum Gasteiger partial charge on any atom is 0.0406 e. The van der Waals surface area contributed by atoms with E-state index in [2.05, 4.69) is 48.8 Å². The third-order valence-electron chi connectivity index (χ3n) is 6.56. The molecule has 2 aliphatic carbocycles. The highest BCUT2D eigenvalue weighted by Crippen LogP contribution is 2.47. The highest BCUT2D eigenvalue weighted by atomic mass is 35.5. The lowest BCUT2D eigenvalue weighted by Gasteiger charge is -2.41. The van der Waals surface area contributed by atoms with Crippen molar-refractivity contribution in [3.63, 3.8) is 0 Å². The van der Waals surface area contributed by atoms with Gasteiger partial charge in [0.2, 0.25) is 0 Å². The van der Waals surface area contributed by atoms with Crippen molar-refractivity contribution >= 4 is 11.6 Å². The van der Waals surface area contributed by atoms with Gasteiger partial charge >= 0.3 is 0 Å². The second kappa shape index (κ2) is 8.37. The van der Waals surface area contributed by atoms with E-state index in [1.807, 2.05) is 24.3 Å². The van der Waals surface area contributed by atoms with Gasteiger partial charge in [0.05, 0.1) is 0 Å². The van der Waals surface area contributed by atoms with Crippen molar-refractivity contribution < 1.29 is 0 Å². The number of rotatable bonds is 2. The summed E-state index contributed by atoms with van der Waals surface area (Å²) in [5.74, 6) is 9.83. The van der Waals surface area contributed by atoms with Crippen molar-refractivity contribution in [2.24, 2.45) is 17.8 Å². The average molecular weight is 375 g/mol. The number of fused-ring (bicyclic) bond motifs is 1. The van der Waals surface area contributed by atoms with Crippen LogP contribution in [0.1, 0.15) is 61.1 Å². The summed E-state index contributed by atoms with van der Waals surface area (Å²) in [4.78, 5) is 0. The molecule has 2 aromatic rings. The van der Waals surface area contributed by atoms with Gasteiger partial charge in [0.25, 0.3) is 0 Å². The van der Waals surface area contributed by atoms with E-state index < -0.39 is 0 Å². The van der Waals surface area contributed by atoms with Crippen LogP contribution in [0.15, 0.2) is 61.2 Å². The summed E-state index contributed by atoms with van der Waals surface area (Å²) < 4.78 is 0. The molecule has 0 heterocycles. The predicted molar refractivity (Wildman–Crippen MR) is 115 cm³/mol. The molecule has 4 atom stereocenters. The molecular weight excluding hydrogens is 348 g/mol. The molecule has 2 fully saturated rings. The minimum absolute atomic E-state index is 0.727. The Morgan fingerprint density at radius 3 is 2.04 bits per heavy atom. The lowest BCUT2D eigenvalue weighted by atomic mass is 9.64. The monoisotopic (exact) mass is 374 g/mol. The molecule has 2 saturated carbocycles. The molecule has 0 aliphatic heterocycles. The first-order valence-corrected chi connectivity index (χ1v) is 10.6. The lowest BCUT2D eigenvalue weighted by Crippen LogP contribution is -2.29. The maximum absolute atomic E-state index is 5.92. The van der Waals surface area contributed by atoms with Crippen LogP contribution in [0, 0.1) is 29.6 Å². The first-order chi connectivity index (χ1) is 13.2. The molecule has 0 saturated heterocycles. The number of allylic oxidation sites excluding steroid dienone is 1. The highest BCUT2D eigenvalue weighted by Gasteiger charge is 2.35. The Morgan fingerprint density at radius 2 is 1.37 bits per heavy atom. The van der Waals surface area contributed by atoms with E-state index in [4.69, 9.17) is 11.6 Å². The number of hydrogen-bond acceptors (Lipinski definition) is 0. The molecule has 2 aromatic carbocycles. The SMILES string of the molecule is C=CC1CCC2CC(c3ccc(C#Cc4ccc(Cl)cc4)cc3)CCC2C1. The van der Waals surface area contributed by atoms with Crippen LogP contribution in [0.2, 0.25) is 5.02 Å². The van der Waals surface area contributed by atoms with Crippen molar-refractivity contribution in [2.45, 2.75) is 44.4 Å². The van der Waals surface area contributed by atoms with Crippen LogP contribution < -0.4 is 0 Å². The van der Waals surface area contributed by atoms with E-state index in [1.54, 1.807) is 0 Å². The van der Waals surface area contributed by atoms with Gasteiger partial charge in [-0.05, 0) is 104 Å². The molecule has 4 rings (SSSR count). The number of halogens is 1. The average Bonchev–Trinajstić information content (AvgIpc) is 2.73. The van der Waals surface area contributed by atoms with Gasteiger partial charge in [0.15, 0.2) is 0 Å². The molecule has 0 amide bonds. The van der Waals surface area contributed by atoms with E-state index in [0.29, 0.717) is 0 Å². The van der Waals surface area contributed by atoms with E-state index in [0.717, 1.165) is 39.8 Å². The Labute approximate surface area is 168 Å². The third kappa shape index (κ3) is 4.48. The molecule has 0 spiro atoms. The molecule has 2 aliphatic rings. The Bertz CT molecular complexity index is 835. The summed E-state index contributed by atoms with van der Waals surface area (Å²) in [6.45, 7) is 4.01. The van der Waals surface area contributed by atoms with Crippen molar-refractivity contribution in [2.75, 3.05) is 0 Å². The Kier molecular flexibility index (Phi) is 5.70. The van der Waals surface area contributed by atoms with Crippen LogP contribution in [-0.4, -0.2) is 0 Å². The number of benzene rings is 2. The van der Waals surface area contributed by atoms with Gasteiger partial charge < -0.3 is 0 Å². The molecular formula is C26H27Cl. The molecule has 0 nitrogen and oxygen atoms in total. The maximum atomic E-state index is 5.92. The highest BCUT2D eigenvalue weighted by molar-refractivity contribution is 6.30. The van der Waals surface area contributed by atoms with E-state index in [9.17, 15) is 0 Å². The normalized spacial score (nSPS) is 27.1. The fraction of sp³-hybridized carbons (Fsp3) is 0.385. The van der Waals surface area contributed by atoms with Crippen LogP contribution >= 0.6 is 11.6 Å². The summed E-state index contributed by atoms with van der Waals surface area (Å²) in [7, 11) is 0. The molecule has 0 aromatic heterocycles. The van der Waals surface area contributed by atoms with Crippen LogP contribution in [0.5, 0.6) is 0 Å². The van der Waals surface area contributed by atoms with Gasteiger partial charge in [-0.15, -0.1) is 6.58 Å². The Balaban J connectivity index is 1.40. The summed E-state index contributed by atoms with van der Waals surface area (Å²) in [6.07, 6.45) is 10.4. The molecule has 0 radical (unpaired) electrons. The van der Waals surface area contributed by atoms with Crippen LogP contribution in [-0.2, 0) is 0 Å². The topological polar surface area (TPSA) is 0 Å². The summed E-state index contributed by atoms with van der Waals surface area (Å²) in [5.41, 5.74) is 3.57. The molecule has 138 valence electrons. The van der Waals surface area contributed by atoms with E-state index in [1.165, 1.54) is 44.1 Å². The van der Waals surface area contributed by atoms with Gasteiger partial charge in [-0.25, -0.2) is 0 Å². The van der Waals surface area contributed by atoms with Gasteiger partial charge in [0.1, 0.15) is 0 Å². The van der Waals surface area contributed by atoms with Crippen molar-refractivity contribution in [3.05, 3.63) is 82.9 Å². The second-order valence-corrected chi connectivity index (χ2v) is 8.65.